The highest BCUT2D eigenvalue weighted by atomic mass is 35.5. The molecule has 1 N–H and O–H groups in total. The smallest absolute Gasteiger partial charge is 0.191 e. The van der Waals surface area contributed by atoms with Crippen LogP contribution in [-0.4, -0.2) is 19.7 Å². The third-order valence-electron chi connectivity index (χ3n) is 4.69. The third kappa shape index (κ3) is 4.52. The molecule has 2 aromatic heterocycles. The van der Waals surface area contributed by atoms with Gasteiger partial charge in [-0.1, -0.05) is 35.0 Å². The molecule has 0 atom stereocenters. The minimum Gasteiger partial charge on any atom is -0.486 e. The zero-order valence-electron chi connectivity index (χ0n) is 16.7. The van der Waals surface area contributed by atoms with E-state index in [0.717, 1.165) is 40.0 Å². The van der Waals surface area contributed by atoms with Crippen LogP contribution < -0.4 is 10.2 Å². The monoisotopic (exact) mass is 440 g/mol. The summed E-state index contributed by atoms with van der Waals surface area (Å²) in [5.41, 5.74) is 2.79. The number of aromatic amines is 1. The third-order valence-corrected chi connectivity index (χ3v) is 5.96. The molecular formula is C22H21ClN4O2S. The predicted octanol–water partition coefficient (Wildman–Crippen LogP) is 4.97. The SMILES string of the molecule is CCn1c(COc2ccc(Cl)cc2)nnc1SCc1cc(=O)c2cc(C)ccc2[nH]1. The minimum absolute atomic E-state index is 0.0251. The van der Waals surface area contributed by atoms with Crippen molar-refractivity contribution in [2.75, 3.05) is 0 Å². The average Bonchev–Trinajstić information content (AvgIpc) is 3.14. The van der Waals surface area contributed by atoms with Gasteiger partial charge in [-0.15, -0.1) is 10.2 Å². The van der Waals surface area contributed by atoms with Gasteiger partial charge in [-0.3, -0.25) is 4.79 Å². The molecule has 4 aromatic rings. The van der Waals surface area contributed by atoms with Crippen LogP contribution in [0.2, 0.25) is 5.02 Å². The Morgan fingerprint density at radius 1 is 1.13 bits per heavy atom. The molecule has 4 rings (SSSR count). The maximum Gasteiger partial charge on any atom is 0.191 e. The van der Waals surface area contributed by atoms with Crippen molar-refractivity contribution in [3.05, 3.63) is 80.9 Å². The van der Waals surface area contributed by atoms with Crippen molar-refractivity contribution >= 4 is 34.3 Å². The topological polar surface area (TPSA) is 72.8 Å². The average molecular weight is 441 g/mol. The number of aryl methyl sites for hydroxylation is 1. The van der Waals surface area contributed by atoms with E-state index in [2.05, 4.69) is 15.2 Å². The molecule has 30 heavy (non-hydrogen) atoms. The molecule has 0 aliphatic heterocycles. The van der Waals surface area contributed by atoms with Crippen molar-refractivity contribution in [3.8, 4) is 5.75 Å². The van der Waals surface area contributed by atoms with Gasteiger partial charge in [-0.2, -0.15) is 0 Å². The lowest BCUT2D eigenvalue weighted by molar-refractivity contribution is 0.288. The van der Waals surface area contributed by atoms with Gasteiger partial charge in [0.1, 0.15) is 12.4 Å². The first-order chi connectivity index (χ1) is 14.5. The quantitative estimate of drug-likeness (QED) is 0.410. The summed E-state index contributed by atoms with van der Waals surface area (Å²) in [5.74, 6) is 2.07. The highest BCUT2D eigenvalue weighted by molar-refractivity contribution is 7.98. The van der Waals surface area contributed by atoms with Crippen molar-refractivity contribution in [2.24, 2.45) is 0 Å². The van der Waals surface area contributed by atoms with Crippen LogP contribution in [0.4, 0.5) is 0 Å². The van der Waals surface area contributed by atoms with Crippen LogP contribution in [0.5, 0.6) is 5.75 Å². The van der Waals surface area contributed by atoms with Crippen molar-refractivity contribution in [1.82, 2.24) is 19.7 Å². The molecule has 6 nitrogen and oxygen atoms in total. The second-order valence-corrected chi connectivity index (χ2v) is 8.26. The molecule has 0 bridgehead atoms. The van der Waals surface area contributed by atoms with Gasteiger partial charge in [0, 0.05) is 40.0 Å². The number of nitrogens with zero attached hydrogens (tertiary/aromatic N) is 3. The Bertz CT molecular complexity index is 1230. The number of halogens is 1. The van der Waals surface area contributed by atoms with Gasteiger partial charge in [0.25, 0.3) is 0 Å². The predicted molar refractivity (Wildman–Crippen MR) is 120 cm³/mol. The maximum atomic E-state index is 12.4. The number of aromatic nitrogens is 4. The van der Waals surface area contributed by atoms with E-state index < -0.39 is 0 Å². The molecular weight excluding hydrogens is 420 g/mol. The molecule has 0 saturated carbocycles. The highest BCUT2D eigenvalue weighted by Crippen LogP contribution is 2.23. The molecule has 0 saturated heterocycles. The summed E-state index contributed by atoms with van der Waals surface area (Å²) in [4.78, 5) is 15.8. The molecule has 154 valence electrons. The van der Waals surface area contributed by atoms with E-state index in [0.29, 0.717) is 22.8 Å². The van der Waals surface area contributed by atoms with E-state index >= 15 is 0 Å². The maximum absolute atomic E-state index is 12.4. The van der Waals surface area contributed by atoms with E-state index in [1.807, 2.05) is 48.7 Å². The first-order valence-corrected chi connectivity index (χ1v) is 11.0. The fraction of sp³-hybridized carbons (Fsp3) is 0.227. The van der Waals surface area contributed by atoms with Crippen LogP contribution in [0.1, 0.15) is 24.0 Å². The molecule has 2 heterocycles. The Balaban J connectivity index is 1.47. The van der Waals surface area contributed by atoms with Crippen LogP contribution >= 0.6 is 23.4 Å². The summed E-state index contributed by atoms with van der Waals surface area (Å²) in [5, 5.41) is 10.8. The van der Waals surface area contributed by atoms with Crippen molar-refractivity contribution in [2.45, 2.75) is 37.9 Å². The number of nitrogens with one attached hydrogen (secondary N) is 1. The number of benzene rings is 2. The summed E-state index contributed by atoms with van der Waals surface area (Å²) < 4.78 is 7.82. The summed E-state index contributed by atoms with van der Waals surface area (Å²) in [6.45, 7) is 5.06. The normalized spacial score (nSPS) is 11.2. The zero-order valence-corrected chi connectivity index (χ0v) is 18.3. The molecule has 0 fully saturated rings. The first-order valence-electron chi connectivity index (χ1n) is 9.59. The van der Waals surface area contributed by atoms with E-state index in [-0.39, 0.29) is 5.43 Å². The largest absolute Gasteiger partial charge is 0.486 e. The van der Waals surface area contributed by atoms with Crippen molar-refractivity contribution in [1.29, 1.82) is 0 Å². The van der Waals surface area contributed by atoms with Crippen LogP contribution in [-0.2, 0) is 18.9 Å². The molecule has 0 spiro atoms. The Labute approximate surface area is 183 Å². The van der Waals surface area contributed by atoms with Gasteiger partial charge in [0.2, 0.25) is 0 Å². The summed E-state index contributed by atoms with van der Waals surface area (Å²) in [6, 6.07) is 14.7. The fourth-order valence-corrected chi connectivity index (χ4v) is 4.22. The van der Waals surface area contributed by atoms with Gasteiger partial charge in [0.15, 0.2) is 16.4 Å². The molecule has 0 aliphatic rings. The van der Waals surface area contributed by atoms with E-state index in [1.165, 1.54) is 11.8 Å². The molecule has 8 heteroatoms. The number of hydrogen-bond donors (Lipinski definition) is 1. The van der Waals surface area contributed by atoms with E-state index in [4.69, 9.17) is 16.3 Å². The van der Waals surface area contributed by atoms with Gasteiger partial charge < -0.3 is 14.3 Å². The van der Waals surface area contributed by atoms with Crippen LogP contribution in [0.15, 0.2) is 58.5 Å². The fourth-order valence-electron chi connectivity index (χ4n) is 3.16. The summed E-state index contributed by atoms with van der Waals surface area (Å²) in [7, 11) is 0. The van der Waals surface area contributed by atoms with Gasteiger partial charge in [0.05, 0.1) is 0 Å². The Hall–Kier alpha value is -2.77. The Kier molecular flexibility index (Phi) is 6.11. The summed E-state index contributed by atoms with van der Waals surface area (Å²) >= 11 is 7.44. The van der Waals surface area contributed by atoms with Crippen molar-refractivity contribution < 1.29 is 4.74 Å². The summed E-state index contributed by atoms with van der Waals surface area (Å²) in [6.07, 6.45) is 0. The minimum atomic E-state index is 0.0251. The molecule has 0 unspecified atom stereocenters. The molecule has 0 aliphatic carbocycles. The lowest BCUT2D eigenvalue weighted by Gasteiger charge is -2.09. The molecule has 2 aromatic carbocycles. The lowest BCUT2D eigenvalue weighted by atomic mass is 10.1. The van der Waals surface area contributed by atoms with Gasteiger partial charge >= 0.3 is 0 Å². The van der Waals surface area contributed by atoms with Crippen LogP contribution in [0.25, 0.3) is 10.9 Å². The van der Waals surface area contributed by atoms with E-state index in [1.54, 1.807) is 18.2 Å². The van der Waals surface area contributed by atoms with Gasteiger partial charge in [-0.05, 0) is 50.2 Å². The number of hydrogen-bond acceptors (Lipinski definition) is 5. The highest BCUT2D eigenvalue weighted by Gasteiger charge is 2.13. The number of pyridine rings is 1. The number of ether oxygens (including phenoxy) is 1. The number of fused-ring (bicyclic) bond motifs is 1. The Morgan fingerprint density at radius 2 is 1.93 bits per heavy atom. The number of H-pyrrole nitrogens is 1. The molecule has 0 radical (unpaired) electrons. The first kappa shape index (κ1) is 20.5. The second-order valence-electron chi connectivity index (χ2n) is 6.88. The number of rotatable bonds is 7. The standard InChI is InChI=1S/C22H21ClN4O2S/c1-3-27-21(12-29-17-7-5-15(23)6-8-17)25-26-22(27)30-13-16-11-20(28)18-10-14(2)4-9-19(18)24-16/h4-11H,3,12-13H2,1-2H3,(H,24,28). The van der Waals surface area contributed by atoms with Crippen LogP contribution in [0.3, 0.4) is 0 Å². The Morgan fingerprint density at radius 3 is 2.70 bits per heavy atom. The lowest BCUT2D eigenvalue weighted by Crippen LogP contribution is -2.07. The van der Waals surface area contributed by atoms with Crippen molar-refractivity contribution in [3.63, 3.8) is 0 Å². The second kappa shape index (κ2) is 8.93. The van der Waals surface area contributed by atoms with Crippen LogP contribution in [0, 0.1) is 6.92 Å². The zero-order chi connectivity index (χ0) is 21.1. The van der Waals surface area contributed by atoms with Gasteiger partial charge in [-0.25, -0.2) is 0 Å². The number of thioether (sulfide) groups is 1. The molecule has 0 amide bonds. The van der Waals surface area contributed by atoms with E-state index in [9.17, 15) is 4.79 Å².